The van der Waals surface area contributed by atoms with Crippen LogP contribution in [-0.4, -0.2) is 37.2 Å². The van der Waals surface area contributed by atoms with Crippen molar-refractivity contribution in [3.05, 3.63) is 0 Å². The molecule has 0 aliphatic carbocycles. The third-order valence-corrected chi connectivity index (χ3v) is 2.59. The van der Waals surface area contributed by atoms with E-state index in [1.165, 1.54) is 19.5 Å². The Labute approximate surface area is 69.5 Å². The summed E-state index contributed by atoms with van der Waals surface area (Å²) in [4.78, 5) is 2.56. The Bertz CT molecular complexity index is 123. The first-order chi connectivity index (χ1) is 4.86. The van der Waals surface area contributed by atoms with Gasteiger partial charge in [0.25, 0.3) is 0 Å². The fourth-order valence-corrected chi connectivity index (χ4v) is 1.73. The third-order valence-electron chi connectivity index (χ3n) is 2.59. The molecule has 0 aromatic carbocycles. The van der Waals surface area contributed by atoms with E-state index >= 15 is 0 Å². The van der Waals surface area contributed by atoms with E-state index in [9.17, 15) is 0 Å². The average molecular weight is 157 g/mol. The van der Waals surface area contributed by atoms with Crippen LogP contribution >= 0.6 is 0 Å². The minimum absolute atomic E-state index is 0. The molecule has 66 valence electrons. The highest BCUT2D eigenvalue weighted by Gasteiger charge is 2.30. The Morgan fingerprint density at radius 3 is 2.45 bits per heavy atom. The van der Waals surface area contributed by atoms with Crippen LogP contribution in [0.4, 0.5) is 0 Å². The summed E-state index contributed by atoms with van der Waals surface area (Å²) in [5, 5.41) is 0. The van der Waals surface area contributed by atoms with Crippen molar-refractivity contribution in [2.45, 2.75) is 26.8 Å². The Hall–Kier alpha value is -0.0800. The van der Waals surface area contributed by atoms with E-state index in [4.69, 9.17) is 4.74 Å². The van der Waals surface area contributed by atoms with E-state index in [1.54, 1.807) is 0 Å². The molecular formula is C9H19NO. The summed E-state index contributed by atoms with van der Waals surface area (Å²) in [6, 6.07) is 0.768. The van der Waals surface area contributed by atoms with Gasteiger partial charge in [-0.05, 0) is 18.9 Å². The summed E-state index contributed by atoms with van der Waals surface area (Å²) in [6.07, 6.45) is 1.39. The van der Waals surface area contributed by atoms with Crippen LogP contribution in [0.15, 0.2) is 0 Å². The van der Waals surface area contributed by atoms with Crippen LogP contribution in [0.5, 0.6) is 0 Å². The highest BCUT2D eigenvalue weighted by atomic mass is 16.5. The molecule has 2 aliphatic heterocycles. The molecule has 0 saturated carbocycles. The average Bonchev–Trinajstić information content (AvgIpc) is 2.10. The number of nitrogens with zero attached hydrogens (tertiary/aromatic N) is 1. The molecule has 0 aromatic heterocycles. The van der Waals surface area contributed by atoms with Gasteiger partial charge in [0.15, 0.2) is 0 Å². The van der Waals surface area contributed by atoms with Gasteiger partial charge in [-0.25, -0.2) is 0 Å². The summed E-state index contributed by atoms with van der Waals surface area (Å²) in [5.74, 6) is 0.917. The van der Waals surface area contributed by atoms with Crippen molar-refractivity contribution in [3.63, 3.8) is 0 Å². The van der Waals surface area contributed by atoms with Gasteiger partial charge in [-0.15, -0.1) is 0 Å². The molecule has 1 atom stereocenters. The summed E-state index contributed by atoms with van der Waals surface area (Å²) in [7, 11) is 0. The Balaban J connectivity index is 0.000000605. The lowest BCUT2D eigenvalue weighted by atomic mass is 10.2. The molecule has 2 aliphatic rings. The first kappa shape index (κ1) is 9.01. The molecule has 2 heteroatoms. The van der Waals surface area contributed by atoms with Crippen LogP contribution in [0, 0.1) is 5.92 Å². The lowest BCUT2D eigenvalue weighted by Gasteiger charge is -2.34. The van der Waals surface area contributed by atoms with E-state index in [2.05, 4.69) is 11.8 Å². The monoisotopic (exact) mass is 157 g/mol. The van der Waals surface area contributed by atoms with Gasteiger partial charge in [-0.1, -0.05) is 14.4 Å². The zero-order chi connectivity index (χ0) is 6.97. The molecule has 0 spiro atoms. The maximum atomic E-state index is 5.14. The van der Waals surface area contributed by atoms with Gasteiger partial charge in [0.1, 0.15) is 0 Å². The predicted molar refractivity (Wildman–Crippen MR) is 46.7 cm³/mol. The molecule has 0 aromatic rings. The fourth-order valence-electron chi connectivity index (χ4n) is 1.73. The molecule has 2 heterocycles. The highest BCUT2D eigenvalue weighted by molar-refractivity contribution is 4.83. The van der Waals surface area contributed by atoms with Crippen molar-refractivity contribution in [1.82, 2.24) is 4.90 Å². The van der Waals surface area contributed by atoms with Crippen molar-refractivity contribution < 1.29 is 4.74 Å². The van der Waals surface area contributed by atoms with Gasteiger partial charge in [-0.3, -0.25) is 4.90 Å². The van der Waals surface area contributed by atoms with Crippen LogP contribution in [0.1, 0.15) is 20.8 Å². The van der Waals surface area contributed by atoms with E-state index in [0.717, 1.165) is 25.2 Å². The van der Waals surface area contributed by atoms with Gasteiger partial charge >= 0.3 is 0 Å². The van der Waals surface area contributed by atoms with E-state index < -0.39 is 0 Å². The molecule has 2 fully saturated rings. The Morgan fingerprint density at radius 1 is 1.36 bits per heavy atom. The minimum atomic E-state index is 0. The van der Waals surface area contributed by atoms with Crippen LogP contribution in [0.2, 0.25) is 0 Å². The number of ether oxygens (including phenoxy) is 1. The number of likely N-dealkylation sites (tertiary alicyclic amines) is 1. The van der Waals surface area contributed by atoms with E-state index in [1.807, 2.05) is 0 Å². The van der Waals surface area contributed by atoms with Crippen molar-refractivity contribution >= 4 is 0 Å². The van der Waals surface area contributed by atoms with Gasteiger partial charge in [0.05, 0.1) is 19.3 Å². The molecular weight excluding hydrogens is 138 g/mol. The molecule has 11 heavy (non-hydrogen) atoms. The Kier molecular flexibility index (Phi) is 2.90. The van der Waals surface area contributed by atoms with Gasteiger partial charge in [0.2, 0.25) is 0 Å². The second-order valence-corrected chi connectivity index (χ2v) is 3.58. The zero-order valence-corrected chi connectivity index (χ0v) is 6.55. The maximum Gasteiger partial charge on any atom is 0.0645 e. The molecule has 0 bridgehead atoms. The van der Waals surface area contributed by atoms with E-state index in [0.29, 0.717) is 0 Å². The second-order valence-electron chi connectivity index (χ2n) is 3.58. The zero-order valence-electron chi connectivity index (χ0n) is 6.55. The summed E-state index contributed by atoms with van der Waals surface area (Å²) >= 11 is 0. The quantitative estimate of drug-likeness (QED) is 0.570. The van der Waals surface area contributed by atoms with Crippen LogP contribution in [0.3, 0.4) is 0 Å². The summed E-state index contributed by atoms with van der Waals surface area (Å²) in [5.41, 5.74) is 0. The molecule has 2 rings (SSSR count). The van der Waals surface area contributed by atoms with Gasteiger partial charge < -0.3 is 4.74 Å². The van der Waals surface area contributed by atoms with Crippen molar-refractivity contribution in [1.29, 1.82) is 0 Å². The summed E-state index contributed by atoms with van der Waals surface area (Å²) in [6.45, 7) is 6.89. The number of rotatable bonds is 1. The molecule has 0 amide bonds. The second kappa shape index (κ2) is 3.55. The van der Waals surface area contributed by atoms with Crippen molar-refractivity contribution in [3.8, 4) is 0 Å². The molecule has 2 nitrogen and oxygen atoms in total. The summed E-state index contributed by atoms with van der Waals surface area (Å²) < 4.78 is 5.14. The standard InChI is InChI=1S/C8H15NO.CH4/c1-7-2-3-9(4-7)8-5-10-6-8;/h7-8H,2-6H2,1H3;1H4. The van der Waals surface area contributed by atoms with Gasteiger partial charge in [0, 0.05) is 6.54 Å². The number of hydrogen-bond donors (Lipinski definition) is 0. The smallest absolute Gasteiger partial charge is 0.0645 e. The molecule has 0 radical (unpaired) electrons. The van der Waals surface area contributed by atoms with Crippen LogP contribution < -0.4 is 0 Å². The van der Waals surface area contributed by atoms with Crippen LogP contribution in [-0.2, 0) is 4.74 Å². The molecule has 0 N–H and O–H groups in total. The van der Waals surface area contributed by atoms with Crippen LogP contribution in [0.25, 0.3) is 0 Å². The molecule has 2 saturated heterocycles. The fraction of sp³-hybridized carbons (Fsp3) is 1.00. The maximum absolute atomic E-state index is 5.14. The number of hydrogen-bond acceptors (Lipinski definition) is 2. The predicted octanol–water partition coefficient (Wildman–Crippen LogP) is 1.36. The van der Waals surface area contributed by atoms with Crippen molar-refractivity contribution in [2.75, 3.05) is 26.3 Å². The lowest BCUT2D eigenvalue weighted by Crippen LogP contribution is -2.47. The first-order valence-electron chi connectivity index (χ1n) is 4.18. The lowest BCUT2D eigenvalue weighted by molar-refractivity contribution is -0.0578. The van der Waals surface area contributed by atoms with Crippen molar-refractivity contribution in [2.24, 2.45) is 5.92 Å². The highest BCUT2D eigenvalue weighted by Crippen LogP contribution is 2.20. The SMILES string of the molecule is C.CC1CCN(C2COC2)C1. The minimum Gasteiger partial charge on any atom is -0.378 e. The van der Waals surface area contributed by atoms with Gasteiger partial charge in [-0.2, -0.15) is 0 Å². The third kappa shape index (κ3) is 1.74. The largest absolute Gasteiger partial charge is 0.378 e. The molecule has 1 unspecified atom stereocenters. The first-order valence-corrected chi connectivity index (χ1v) is 4.18. The van der Waals surface area contributed by atoms with E-state index in [-0.39, 0.29) is 7.43 Å². The Morgan fingerprint density at radius 2 is 2.09 bits per heavy atom. The normalized spacial score (nSPS) is 33.0. The topological polar surface area (TPSA) is 12.5 Å².